The SMILES string of the molecule is Cn1nccc1CCNCc1cnccn1. The Morgan fingerprint density at radius 2 is 2.25 bits per heavy atom. The first kappa shape index (κ1) is 10.8. The summed E-state index contributed by atoms with van der Waals surface area (Å²) in [5, 5.41) is 7.44. The van der Waals surface area contributed by atoms with Crippen LogP contribution < -0.4 is 5.32 Å². The Labute approximate surface area is 94.5 Å². The molecule has 0 saturated heterocycles. The normalized spacial score (nSPS) is 10.6. The number of aromatic nitrogens is 4. The zero-order valence-electron chi connectivity index (χ0n) is 9.30. The third kappa shape index (κ3) is 2.87. The monoisotopic (exact) mass is 217 g/mol. The molecular weight excluding hydrogens is 202 g/mol. The highest BCUT2D eigenvalue weighted by Crippen LogP contribution is 1.96. The molecule has 0 aliphatic rings. The third-order valence-corrected chi connectivity index (χ3v) is 2.40. The molecule has 0 unspecified atom stereocenters. The summed E-state index contributed by atoms with van der Waals surface area (Å²) in [7, 11) is 1.96. The fraction of sp³-hybridized carbons (Fsp3) is 0.364. The Balaban J connectivity index is 1.72. The number of hydrogen-bond acceptors (Lipinski definition) is 4. The second-order valence-electron chi connectivity index (χ2n) is 3.57. The van der Waals surface area contributed by atoms with E-state index in [-0.39, 0.29) is 0 Å². The maximum absolute atomic E-state index is 4.19. The Hall–Kier alpha value is -1.75. The van der Waals surface area contributed by atoms with Crippen LogP contribution in [-0.4, -0.2) is 26.3 Å². The van der Waals surface area contributed by atoms with Crippen LogP contribution in [0.5, 0.6) is 0 Å². The molecular formula is C11H15N5. The first-order chi connectivity index (χ1) is 7.86. The van der Waals surface area contributed by atoms with Gasteiger partial charge in [-0.25, -0.2) is 0 Å². The van der Waals surface area contributed by atoms with Crippen molar-refractivity contribution in [2.24, 2.45) is 7.05 Å². The highest BCUT2D eigenvalue weighted by molar-refractivity contribution is 5.00. The Morgan fingerprint density at radius 3 is 2.94 bits per heavy atom. The summed E-state index contributed by atoms with van der Waals surface area (Å²) in [6.45, 7) is 1.67. The molecule has 16 heavy (non-hydrogen) atoms. The molecule has 2 rings (SSSR count). The van der Waals surface area contributed by atoms with E-state index in [9.17, 15) is 0 Å². The van der Waals surface area contributed by atoms with E-state index in [0.29, 0.717) is 0 Å². The van der Waals surface area contributed by atoms with Crippen molar-refractivity contribution in [3.05, 3.63) is 42.2 Å². The molecule has 5 heteroatoms. The molecule has 0 saturated carbocycles. The van der Waals surface area contributed by atoms with Gasteiger partial charge in [-0.1, -0.05) is 0 Å². The maximum Gasteiger partial charge on any atom is 0.0724 e. The van der Waals surface area contributed by atoms with Gasteiger partial charge in [0.15, 0.2) is 0 Å². The first-order valence-electron chi connectivity index (χ1n) is 5.29. The highest BCUT2D eigenvalue weighted by Gasteiger charge is 1.98. The number of nitrogens with zero attached hydrogens (tertiary/aromatic N) is 4. The lowest BCUT2D eigenvalue weighted by molar-refractivity contribution is 0.635. The van der Waals surface area contributed by atoms with Crippen molar-refractivity contribution < 1.29 is 0 Å². The maximum atomic E-state index is 4.19. The number of hydrogen-bond donors (Lipinski definition) is 1. The van der Waals surface area contributed by atoms with Crippen LogP contribution in [0.4, 0.5) is 0 Å². The van der Waals surface area contributed by atoms with Crippen molar-refractivity contribution >= 4 is 0 Å². The van der Waals surface area contributed by atoms with E-state index >= 15 is 0 Å². The van der Waals surface area contributed by atoms with E-state index in [0.717, 1.165) is 25.2 Å². The predicted octanol–water partition coefficient (Wildman–Crippen LogP) is 0.542. The molecule has 2 heterocycles. The molecule has 84 valence electrons. The lowest BCUT2D eigenvalue weighted by Gasteiger charge is -2.04. The Morgan fingerprint density at radius 1 is 1.31 bits per heavy atom. The van der Waals surface area contributed by atoms with Crippen molar-refractivity contribution in [1.29, 1.82) is 0 Å². The number of nitrogens with one attached hydrogen (secondary N) is 1. The van der Waals surface area contributed by atoms with Gasteiger partial charge in [0.2, 0.25) is 0 Å². The molecule has 0 fully saturated rings. The minimum atomic E-state index is 0.756. The molecule has 5 nitrogen and oxygen atoms in total. The fourth-order valence-electron chi connectivity index (χ4n) is 1.50. The predicted molar refractivity (Wildman–Crippen MR) is 60.7 cm³/mol. The van der Waals surface area contributed by atoms with Crippen LogP contribution in [0, 0.1) is 0 Å². The molecule has 0 amide bonds. The summed E-state index contributed by atoms with van der Waals surface area (Å²) in [6, 6.07) is 2.03. The highest BCUT2D eigenvalue weighted by atomic mass is 15.3. The van der Waals surface area contributed by atoms with Gasteiger partial charge in [-0.15, -0.1) is 0 Å². The van der Waals surface area contributed by atoms with Gasteiger partial charge in [0.1, 0.15) is 0 Å². The van der Waals surface area contributed by atoms with Crippen molar-refractivity contribution in [2.45, 2.75) is 13.0 Å². The van der Waals surface area contributed by atoms with E-state index in [4.69, 9.17) is 0 Å². The summed E-state index contributed by atoms with van der Waals surface area (Å²) in [5.41, 5.74) is 2.19. The summed E-state index contributed by atoms with van der Waals surface area (Å²) >= 11 is 0. The minimum absolute atomic E-state index is 0.756. The summed E-state index contributed by atoms with van der Waals surface area (Å²) in [6.07, 6.45) is 7.95. The van der Waals surface area contributed by atoms with Crippen molar-refractivity contribution in [1.82, 2.24) is 25.1 Å². The van der Waals surface area contributed by atoms with Gasteiger partial charge in [0, 0.05) is 57.0 Å². The number of rotatable bonds is 5. The van der Waals surface area contributed by atoms with Gasteiger partial charge >= 0.3 is 0 Å². The van der Waals surface area contributed by atoms with Crippen LogP contribution in [0.2, 0.25) is 0 Å². The van der Waals surface area contributed by atoms with Crippen LogP contribution in [0.25, 0.3) is 0 Å². The average molecular weight is 217 g/mol. The molecule has 0 bridgehead atoms. The molecule has 2 aromatic rings. The second kappa shape index (κ2) is 5.37. The molecule has 0 aliphatic heterocycles. The Kier molecular flexibility index (Phi) is 3.61. The van der Waals surface area contributed by atoms with Gasteiger partial charge in [0.25, 0.3) is 0 Å². The summed E-state index contributed by atoms with van der Waals surface area (Å²) < 4.78 is 1.89. The minimum Gasteiger partial charge on any atom is -0.311 e. The summed E-state index contributed by atoms with van der Waals surface area (Å²) in [4.78, 5) is 8.20. The van der Waals surface area contributed by atoms with E-state index in [1.807, 2.05) is 24.0 Å². The molecule has 2 aromatic heterocycles. The largest absolute Gasteiger partial charge is 0.311 e. The fourth-order valence-corrected chi connectivity index (χ4v) is 1.50. The lowest BCUT2D eigenvalue weighted by atomic mass is 10.3. The summed E-state index contributed by atoms with van der Waals surface area (Å²) in [5.74, 6) is 0. The van der Waals surface area contributed by atoms with Crippen LogP contribution in [0.3, 0.4) is 0 Å². The smallest absolute Gasteiger partial charge is 0.0724 e. The molecule has 0 aliphatic carbocycles. The topological polar surface area (TPSA) is 55.6 Å². The molecule has 0 radical (unpaired) electrons. The molecule has 1 N–H and O–H groups in total. The van der Waals surface area contributed by atoms with Gasteiger partial charge in [-0.3, -0.25) is 14.6 Å². The Bertz CT molecular complexity index is 423. The van der Waals surface area contributed by atoms with Crippen LogP contribution in [0.1, 0.15) is 11.4 Å². The zero-order chi connectivity index (χ0) is 11.2. The van der Waals surface area contributed by atoms with Gasteiger partial charge < -0.3 is 5.32 Å². The third-order valence-electron chi connectivity index (χ3n) is 2.40. The first-order valence-corrected chi connectivity index (χ1v) is 5.29. The number of aryl methyl sites for hydroxylation is 1. The van der Waals surface area contributed by atoms with Crippen molar-refractivity contribution in [3.8, 4) is 0 Å². The van der Waals surface area contributed by atoms with Crippen molar-refractivity contribution in [2.75, 3.05) is 6.54 Å². The molecule has 0 atom stereocenters. The zero-order valence-corrected chi connectivity index (χ0v) is 9.30. The molecule has 0 aromatic carbocycles. The van der Waals surface area contributed by atoms with Gasteiger partial charge in [-0.2, -0.15) is 5.10 Å². The van der Waals surface area contributed by atoms with Crippen molar-refractivity contribution in [3.63, 3.8) is 0 Å². The second-order valence-corrected chi connectivity index (χ2v) is 3.57. The van der Waals surface area contributed by atoms with Crippen LogP contribution >= 0.6 is 0 Å². The van der Waals surface area contributed by atoms with Gasteiger partial charge in [0.05, 0.1) is 5.69 Å². The van der Waals surface area contributed by atoms with Crippen LogP contribution in [-0.2, 0) is 20.0 Å². The lowest BCUT2D eigenvalue weighted by Crippen LogP contribution is -2.18. The van der Waals surface area contributed by atoms with Gasteiger partial charge in [-0.05, 0) is 6.07 Å². The van der Waals surface area contributed by atoms with E-state index < -0.39 is 0 Å². The standard InChI is InChI=1S/C11H15N5/c1-16-11(3-5-15-16)2-4-12-8-10-9-13-6-7-14-10/h3,5-7,9,12H,2,4,8H2,1H3. The van der Waals surface area contributed by atoms with Crippen LogP contribution in [0.15, 0.2) is 30.9 Å². The quantitative estimate of drug-likeness (QED) is 0.743. The molecule has 0 spiro atoms. The van der Waals surface area contributed by atoms with E-state index in [1.165, 1.54) is 5.69 Å². The van der Waals surface area contributed by atoms with E-state index in [1.54, 1.807) is 18.6 Å². The average Bonchev–Trinajstić information content (AvgIpc) is 2.72. The van der Waals surface area contributed by atoms with E-state index in [2.05, 4.69) is 20.4 Å².